The van der Waals surface area contributed by atoms with E-state index in [4.69, 9.17) is 0 Å². The van der Waals surface area contributed by atoms with Crippen LogP contribution in [0.2, 0.25) is 0 Å². The average molecular weight is 490 g/mol. The summed E-state index contributed by atoms with van der Waals surface area (Å²) in [6, 6.07) is 19.3. The van der Waals surface area contributed by atoms with Crippen molar-refractivity contribution in [3.8, 4) is 22.3 Å². The van der Waals surface area contributed by atoms with Crippen LogP contribution in [0.15, 0.2) is 69.6 Å². The molecule has 4 heteroatoms. The highest BCUT2D eigenvalue weighted by Crippen LogP contribution is 2.47. The zero-order valence-corrected chi connectivity index (χ0v) is 17.5. The molecular formula is C24H10Br2O2. The highest BCUT2D eigenvalue weighted by Gasteiger charge is 2.32. The molecule has 0 atom stereocenters. The van der Waals surface area contributed by atoms with Gasteiger partial charge in [0.1, 0.15) is 0 Å². The molecule has 0 heterocycles. The lowest BCUT2D eigenvalue weighted by Gasteiger charge is -2.26. The monoisotopic (exact) mass is 488 g/mol. The van der Waals surface area contributed by atoms with Crippen LogP contribution < -0.4 is 0 Å². The Morgan fingerprint density at radius 2 is 0.786 bits per heavy atom. The van der Waals surface area contributed by atoms with E-state index in [1.807, 2.05) is 60.7 Å². The Kier molecular flexibility index (Phi) is 3.22. The summed E-state index contributed by atoms with van der Waals surface area (Å²) in [5.41, 5.74) is 6.55. The Morgan fingerprint density at radius 1 is 0.429 bits per heavy atom. The Bertz CT molecular complexity index is 1310. The first-order chi connectivity index (χ1) is 13.5. The first-order valence-electron chi connectivity index (χ1n) is 8.83. The summed E-state index contributed by atoms with van der Waals surface area (Å²) in [6.45, 7) is 0. The number of ketones is 2. The van der Waals surface area contributed by atoms with E-state index >= 15 is 0 Å². The van der Waals surface area contributed by atoms with E-state index in [2.05, 4.69) is 31.9 Å². The second-order valence-corrected chi connectivity index (χ2v) is 8.94. The number of benzene rings is 4. The summed E-state index contributed by atoms with van der Waals surface area (Å²) in [7, 11) is 0. The highest BCUT2D eigenvalue weighted by molar-refractivity contribution is 9.10. The van der Waals surface area contributed by atoms with Crippen LogP contribution in [-0.2, 0) is 0 Å². The molecule has 0 saturated heterocycles. The molecule has 0 bridgehead atoms. The van der Waals surface area contributed by atoms with Gasteiger partial charge < -0.3 is 0 Å². The van der Waals surface area contributed by atoms with Crippen LogP contribution in [-0.4, -0.2) is 11.6 Å². The molecular weight excluding hydrogens is 480 g/mol. The fraction of sp³-hybridized carbons (Fsp3) is 0. The molecule has 0 spiro atoms. The molecule has 2 aliphatic carbocycles. The van der Waals surface area contributed by atoms with Crippen molar-refractivity contribution in [3.05, 3.63) is 91.9 Å². The summed E-state index contributed by atoms with van der Waals surface area (Å²) >= 11 is 6.94. The predicted octanol–water partition coefficient (Wildman–Crippen LogP) is 6.79. The third-order valence-corrected chi connectivity index (χ3v) is 6.67. The Hall–Kier alpha value is -2.56. The van der Waals surface area contributed by atoms with Crippen LogP contribution in [0.25, 0.3) is 33.0 Å². The van der Waals surface area contributed by atoms with Crippen LogP contribution in [0.4, 0.5) is 0 Å². The van der Waals surface area contributed by atoms with Crippen LogP contribution >= 0.6 is 31.9 Å². The quantitative estimate of drug-likeness (QED) is 0.235. The summed E-state index contributed by atoms with van der Waals surface area (Å²) in [4.78, 5) is 26.5. The maximum atomic E-state index is 13.2. The smallest absolute Gasteiger partial charge is 0.194 e. The number of halogens is 2. The lowest BCUT2D eigenvalue weighted by atomic mass is 9.76. The fourth-order valence-electron chi connectivity index (χ4n) is 4.49. The fourth-order valence-corrected chi connectivity index (χ4v) is 5.21. The minimum absolute atomic E-state index is 0.00144. The molecule has 0 aliphatic heterocycles. The lowest BCUT2D eigenvalue weighted by Crippen LogP contribution is -2.15. The molecule has 28 heavy (non-hydrogen) atoms. The van der Waals surface area contributed by atoms with Gasteiger partial charge in [-0.2, -0.15) is 0 Å². The first kappa shape index (κ1) is 16.4. The minimum atomic E-state index is 0.00144. The van der Waals surface area contributed by atoms with Gasteiger partial charge in [-0.3, -0.25) is 9.59 Å². The third kappa shape index (κ3) is 1.97. The van der Waals surface area contributed by atoms with E-state index in [0.29, 0.717) is 22.3 Å². The van der Waals surface area contributed by atoms with Gasteiger partial charge >= 0.3 is 0 Å². The van der Waals surface area contributed by atoms with Crippen molar-refractivity contribution in [3.63, 3.8) is 0 Å². The van der Waals surface area contributed by atoms with Gasteiger partial charge in [0.25, 0.3) is 0 Å². The van der Waals surface area contributed by atoms with Crippen LogP contribution in [0.1, 0.15) is 31.8 Å². The molecule has 0 unspecified atom stereocenters. The van der Waals surface area contributed by atoms with Crippen molar-refractivity contribution in [2.45, 2.75) is 0 Å². The minimum Gasteiger partial charge on any atom is -0.289 e. The highest BCUT2D eigenvalue weighted by atomic mass is 79.9. The lowest BCUT2D eigenvalue weighted by molar-refractivity contribution is 0.103. The van der Waals surface area contributed by atoms with E-state index < -0.39 is 0 Å². The normalized spacial score (nSPS) is 13.5. The van der Waals surface area contributed by atoms with Crippen LogP contribution in [0.5, 0.6) is 0 Å². The van der Waals surface area contributed by atoms with Crippen molar-refractivity contribution in [2.24, 2.45) is 0 Å². The Balaban J connectivity index is 1.81. The maximum Gasteiger partial charge on any atom is 0.194 e. The zero-order valence-electron chi connectivity index (χ0n) is 14.3. The van der Waals surface area contributed by atoms with Crippen molar-refractivity contribution >= 4 is 54.2 Å². The second-order valence-electron chi connectivity index (χ2n) is 7.11. The number of hydrogen-bond acceptors (Lipinski definition) is 2. The van der Waals surface area contributed by atoms with Gasteiger partial charge in [0.2, 0.25) is 0 Å². The second kappa shape index (κ2) is 5.49. The van der Waals surface area contributed by atoms with Gasteiger partial charge in [0.05, 0.1) is 0 Å². The zero-order chi connectivity index (χ0) is 19.2. The number of rotatable bonds is 0. The molecule has 6 rings (SSSR count). The number of hydrogen-bond donors (Lipinski definition) is 0. The summed E-state index contributed by atoms with van der Waals surface area (Å²) in [5.74, 6) is 0.00287. The third-order valence-electron chi connectivity index (χ3n) is 5.68. The number of carbonyl (C=O) groups is 2. The largest absolute Gasteiger partial charge is 0.289 e. The maximum absolute atomic E-state index is 13.2. The van der Waals surface area contributed by atoms with Gasteiger partial charge in [-0.1, -0.05) is 56.1 Å². The molecule has 4 aromatic rings. The Morgan fingerprint density at radius 3 is 1.21 bits per heavy atom. The van der Waals surface area contributed by atoms with Crippen molar-refractivity contribution in [1.29, 1.82) is 0 Å². The van der Waals surface area contributed by atoms with E-state index in [1.54, 1.807) is 0 Å². The molecule has 0 radical (unpaired) electrons. The molecule has 132 valence electrons. The summed E-state index contributed by atoms with van der Waals surface area (Å²) in [5, 5.41) is 1.77. The van der Waals surface area contributed by atoms with Crippen LogP contribution in [0, 0.1) is 0 Å². The number of carbonyl (C=O) groups excluding carboxylic acids is 2. The molecule has 0 fully saturated rings. The van der Waals surface area contributed by atoms with Gasteiger partial charge in [-0.05, 0) is 58.7 Å². The van der Waals surface area contributed by atoms with E-state index in [-0.39, 0.29) is 11.6 Å². The van der Waals surface area contributed by atoms with Crippen molar-refractivity contribution < 1.29 is 9.59 Å². The topological polar surface area (TPSA) is 34.1 Å². The number of fused-ring (bicyclic) bond motifs is 4. The standard InChI is InChI=1S/C24H10Br2O2/c25-11-1-3-13-15-5-7-18-22-16(14-4-2-12(26)10-20(14)24(18)28)6-8-17(21(15)22)23(27)19(13)9-11/h1-10H. The van der Waals surface area contributed by atoms with E-state index in [9.17, 15) is 9.59 Å². The van der Waals surface area contributed by atoms with Crippen molar-refractivity contribution in [2.75, 3.05) is 0 Å². The summed E-state index contributed by atoms with van der Waals surface area (Å²) < 4.78 is 1.76. The molecule has 0 aromatic heterocycles. The molecule has 0 N–H and O–H groups in total. The van der Waals surface area contributed by atoms with Gasteiger partial charge in [-0.25, -0.2) is 0 Å². The Labute approximate surface area is 177 Å². The van der Waals surface area contributed by atoms with E-state index in [1.165, 1.54) is 0 Å². The molecule has 2 nitrogen and oxygen atoms in total. The molecule has 4 aromatic carbocycles. The molecule has 2 aliphatic rings. The molecule has 0 saturated carbocycles. The van der Waals surface area contributed by atoms with Crippen molar-refractivity contribution in [1.82, 2.24) is 0 Å². The predicted molar refractivity (Wildman–Crippen MR) is 117 cm³/mol. The molecule has 0 amide bonds. The summed E-state index contributed by atoms with van der Waals surface area (Å²) in [6.07, 6.45) is 0. The first-order valence-corrected chi connectivity index (χ1v) is 10.4. The average Bonchev–Trinajstić information content (AvgIpc) is 2.70. The van der Waals surface area contributed by atoms with Gasteiger partial charge in [-0.15, -0.1) is 0 Å². The van der Waals surface area contributed by atoms with Crippen LogP contribution in [0.3, 0.4) is 0 Å². The van der Waals surface area contributed by atoms with Gasteiger partial charge in [0.15, 0.2) is 11.6 Å². The van der Waals surface area contributed by atoms with E-state index in [0.717, 1.165) is 42.0 Å². The SMILES string of the molecule is O=C1c2cc(Br)ccc2-c2ccc3c4c(ccc1c24)-c1ccc(Br)cc1C3=O. The van der Waals surface area contributed by atoms with Gasteiger partial charge in [0, 0.05) is 42.0 Å².